The molecule has 0 fully saturated rings. The highest BCUT2D eigenvalue weighted by Crippen LogP contribution is 2.29. The number of hydrogen-bond donors (Lipinski definition) is 0. The summed E-state index contributed by atoms with van der Waals surface area (Å²) in [6, 6.07) is 11.9. The van der Waals surface area contributed by atoms with E-state index in [1.165, 1.54) is 12.1 Å². The van der Waals surface area contributed by atoms with Crippen LogP contribution >= 0.6 is 23.2 Å². The minimum Gasteiger partial charge on any atom is -0.205 e. The molecule has 0 atom stereocenters. The van der Waals surface area contributed by atoms with Crippen LogP contribution in [0.15, 0.2) is 42.5 Å². The van der Waals surface area contributed by atoms with Gasteiger partial charge in [-0.1, -0.05) is 47.5 Å². The van der Waals surface area contributed by atoms with E-state index in [4.69, 9.17) is 23.2 Å². The molecule has 3 heteroatoms. The fraction of sp³-hybridized carbons (Fsp3) is 0. The Bertz CT molecular complexity index is 495. The first-order valence-corrected chi connectivity index (χ1v) is 5.14. The predicted octanol–water partition coefficient (Wildman–Crippen LogP) is 4.80. The van der Waals surface area contributed by atoms with Crippen molar-refractivity contribution >= 4 is 23.2 Å². The summed E-state index contributed by atoms with van der Waals surface area (Å²) < 4.78 is 13.2. The third-order valence-corrected chi connectivity index (χ3v) is 2.74. The minimum absolute atomic E-state index is 0.116. The zero-order valence-corrected chi connectivity index (χ0v) is 9.19. The lowest BCUT2D eigenvalue weighted by atomic mass is 10.1. The molecule has 15 heavy (non-hydrogen) atoms. The van der Waals surface area contributed by atoms with E-state index in [1.54, 1.807) is 12.1 Å². The second-order valence-corrected chi connectivity index (χ2v) is 3.92. The molecule has 0 N–H and O–H groups in total. The highest BCUT2D eigenvalue weighted by molar-refractivity contribution is 6.33. The van der Waals surface area contributed by atoms with Gasteiger partial charge in [-0.25, -0.2) is 4.39 Å². The first-order chi connectivity index (χ1) is 7.18. The molecule has 0 unspecified atom stereocenters. The smallest absolute Gasteiger partial charge is 0.142 e. The summed E-state index contributed by atoms with van der Waals surface area (Å²) in [6.45, 7) is 0. The molecule has 0 aromatic heterocycles. The number of halogens is 3. The Kier molecular flexibility index (Phi) is 2.94. The van der Waals surface area contributed by atoms with Crippen LogP contribution in [0.3, 0.4) is 0 Å². The van der Waals surface area contributed by atoms with E-state index in [0.29, 0.717) is 5.02 Å². The third-order valence-electron chi connectivity index (χ3n) is 2.10. The molecule has 0 aliphatic carbocycles. The van der Waals surface area contributed by atoms with Gasteiger partial charge in [-0.05, 0) is 23.8 Å². The third kappa shape index (κ3) is 2.14. The lowest BCUT2D eigenvalue weighted by Crippen LogP contribution is -1.82. The molecule has 0 aliphatic heterocycles. The molecule has 0 bridgehead atoms. The van der Waals surface area contributed by atoms with Crippen LogP contribution in [0, 0.1) is 5.82 Å². The lowest BCUT2D eigenvalue weighted by Gasteiger charge is -2.04. The Morgan fingerprint density at radius 1 is 0.867 bits per heavy atom. The fourth-order valence-corrected chi connectivity index (χ4v) is 1.72. The largest absolute Gasteiger partial charge is 0.205 e. The van der Waals surface area contributed by atoms with Gasteiger partial charge < -0.3 is 0 Å². The van der Waals surface area contributed by atoms with Gasteiger partial charge in [-0.15, -0.1) is 0 Å². The van der Waals surface area contributed by atoms with Crippen LogP contribution in [0.5, 0.6) is 0 Å². The van der Waals surface area contributed by atoms with Crippen LogP contribution in [0.2, 0.25) is 10.0 Å². The summed E-state index contributed by atoms with van der Waals surface area (Å²) in [5.41, 5.74) is 1.53. The number of rotatable bonds is 1. The van der Waals surface area contributed by atoms with Crippen molar-refractivity contribution in [3.05, 3.63) is 58.3 Å². The molecular formula is C12H7Cl2F. The zero-order chi connectivity index (χ0) is 10.8. The van der Waals surface area contributed by atoms with Crippen LogP contribution in [-0.4, -0.2) is 0 Å². The topological polar surface area (TPSA) is 0 Å². The molecule has 2 rings (SSSR count). The van der Waals surface area contributed by atoms with Gasteiger partial charge in [0.1, 0.15) is 5.82 Å². The van der Waals surface area contributed by atoms with E-state index >= 15 is 0 Å². The van der Waals surface area contributed by atoms with Crippen LogP contribution in [0.1, 0.15) is 0 Å². The number of benzene rings is 2. The van der Waals surface area contributed by atoms with E-state index in [2.05, 4.69) is 0 Å². The summed E-state index contributed by atoms with van der Waals surface area (Å²) in [4.78, 5) is 0. The van der Waals surface area contributed by atoms with E-state index in [-0.39, 0.29) is 5.02 Å². The van der Waals surface area contributed by atoms with Gasteiger partial charge in [-0.3, -0.25) is 0 Å². The van der Waals surface area contributed by atoms with Gasteiger partial charge >= 0.3 is 0 Å². The highest BCUT2D eigenvalue weighted by atomic mass is 35.5. The Hall–Kier alpha value is -1.05. The van der Waals surface area contributed by atoms with Crippen molar-refractivity contribution in [1.82, 2.24) is 0 Å². The molecule has 0 aliphatic rings. The van der Waals surface area contributed by atoms with Gasteiger partial charge in [0.25, 0.3) is 0 Å². The SMILES string of the molecule is Fc1cc(-c2ccccc2Cl)ccc1Cl. The molecule has 0 spiro atoms. The molecule has 2 aromatic rings. The van der Waals surface area contributed by atoms with Crippen molar-refractivity contribution in [3.8, 4) is 11.1 Å². The van der Waals surface area contributed by atoms with Gasteiger partial charge in [0, 0.05) is 10.6 Å². The monoisotopic (exact) mass is 240 g/mol. The highest BCUT2D eigenvalue weighted by Gasteiger charge is 2.05. The quantitative estimate of drug-likeness (QED) is 0.672. The second-order valence-electron chi connectivity index (χ2n) is 3.11. The maximum atomic E-state index is 13.2. The molecule has 2 aromatic carbocycles. The van der Waals surface area contributed by atoms with Crippen molar-refractivity contribution in [2.75, 3.05) is 0 Å². The average Bonchev–Trinajstić information content (AvgIpc) is 2.23. The lowest BCUT2D eigenvalue weighted by molar-refractivity contribution is 0.629. The van der Waals surface area contributed by atoms with Crippen LogP contribution < -0.4 is 0 Å². The van der Waals surface area contributed by atoms with Crippen molar-refractivity contribution in [2.45, 2.75) is 0 Å². The molecule has 0 amide bonds. The maximum absolute atomic E-state index is 13.2. The van der Waals surface area contributed by atoms with Crippen LogP contribution in [0.25, 0.3) is 11.1 Å². The molecule has 0 heterocycles. The van der Waals surface area contributed by atoms with Crippen molar-refractivity contribution in [2.24, 2.45) is 0 Å². The summed E-state index contributed by atoms with van der Waals surface area (Å²) >= 11 is 11.6. The number of hydrogen-bond acceptors (Lipinski definition) is 0. The van der Waals surface area contributed by atoms with E-state index in [1.807, 2.05) is 18.2 Å². The summed E-state index contributed by atoms with van der Waals surface area (Å²) in [5.74, 6) is -0.436. The Morgan fingerprint density at radius 3 is 2.27 bits per heavy atom. The zero-order valence-electron chi connectivity index (χ0n) is 7.68. The van der Waals surface area contributed by atoms with Gasteiger partial charge in [-0.2, -0.15) is 0 Å². The van der Waals surface area contributed by atoms with Gasteiger partial charge in [0.15, 0.2) is 0 Å². The summed E-state index contributed by atoms with van der Waals surface area (Å²) in [6.07, 6.45) is 0. The molecule has 0 nitrogen and oxygen atoms in total. The van der Waals surface area contributed by atoms with E-state index in [0.717, 1.165) is 11.1 Å². The minimum atomic E-state index is -0.436. The molecule has 0 saturated heterocycles. The van der Waals surface area contributed by atoms with E-state index in [9.17, 15) is 4.39 Å². The van der Waals surface area contributed by atoms with Crippen LogP contribution in [0.4, 0.5) is 4.39 Å². The Labute approximate surface area is 97.3 Å². The summed E-state index contributed by atoms with van der Waals surface area (Å²) in [7, 11) is 0. The molecule has 76 valence electrons. The van der Waals surface area contributed by atoms with Crippen molar-refractivity contribution in [3.63, 3.8) is 0 Å². The first kappa shape index (κ1) is 10.5. The second kappa shape index (κ2) is 4.21. The van der Waals surface area contributed by atoms with Crippen LogP contribution in [-0.2, 0) is 0 Å². The first-order valence-electron chi connectivity index (χ1n) is 4.38. The van der Waals surface area contributed by atoms with E-state index < -0.39 is 5.82 Å². The Morgan fingerprint density at radius 2 is 1.60 bits per heavy atom. The molecular weight excluding hydrogens is 234 g/mol. The van der Waals surface area contributed by atoms with Gasteiger partial charge in [0.2, 0.25) is 0 Å². The predicted molar refractivity (Wildman–Crippen MR) is 61.9 cm³/mol. The Balaban J connectivity index is 2.55. The molecule has 0 radical (unpaired) electrons. The average molecular weight is 241 g/mol. The van der Waals surface area contributed by atoms with Crippen molar-refractivity contribution in [1.29, 1.82) is 0 Å². The summed E-state index contributed by atoms with van der Waals surface area (Å²) in [5, 5.41) is 0.713. The van der Waals surface area contributed by atoms with Crippen molar-refractivity contribution < 1.29 is 4.39 Å². The van der Waals surface area contributed by atoms with Gasteiger partial charge in [0.05, 0.1) is 5.02 Å². The standard InChI is InChI=1S/C12H7Cl2F/c13-10-4-2-1-3-9(10)8-5-6-11(14)12(15)7-8/h1-7H. The normalized spacial score (nSPS) is 10.3. The maximum Gasteiger partial charge on any atom is 0.142 e. The fourth-order valence-electron chi connectivity index (χ4n) is 1.36. The molecule has 0 saturated carbocycles.